The highest BCUT2D eigenvalue weighted by atomic mass is 32.1. The number of rotatable bonds is 3. The normalized spacial score (nSPS) is 27.4. The summed E-state index contributed by atoms with van der Waals surface area (Å²) in [4.78, 5) is 13.3. The first-order chi connectivity index (χ1) is 9.13. The van der Waals surface area contributed by atoms with Crippen LogP contribution in [0, 0.1) is 11.8 Å². The zero-order valence-electron chi connectivity index (χ0n) is 11.5. The summed E-state index contributed by atoms with van der Waals surface area (Å²) in [6.45, 7) is 4.28. The molecule has 3 rings (SSSR count). The Balaban J connectivity index is 1.63. The van der Waals surface area contributed by atoms with Crippen LogP contribution in [0.4, 0.5) is 0 Å². The molecule has 19 heavy (non-hydrogen) atoms. The molecule has 1 heterocycles. The van der Waals surface area contributed by atoms with Gasteiger partial charge in [-0.05, 0) is 49.5 Å². The van der Waals surface area contributed by atoms with E-state index >= 15 is 0 Å². The molecule has 2 bridgehead atoms. The minimum Gasteiger partial charge on any atom is -0.267 e. The first kappa shape index (κ1) is 12.9. The van der Waals surface area contributed by atoms with E-state index in [4.69, 9.17) is 0 Å². The Morgan fingerprint density at radius 1 is 1.47 bits per heavy atom. The molecule has 2 aliphatic rings. The fraction of sp³-hybridized carbons (Fsp3) is 0.600. The van der Waals surface area contributed by atoms with Gasteiger partial charge in [-0.1, -0.05) is 13.8 Å². The Hall–Kier alpha value is -1.16. The molecule has 2 saturated carbocycles. The van der Waals surface area contributed by atoms with Crippen molar-refractivity contribution in [2.75, 3.05) is 0 Å². The molecule has 2 fully saturated rings. The van der Waals surface area contributed by atoms with Gasteiger partial charge < -0.3 is 0 Å². The highest BCUT2D eigenvalue weighted by Gasteiger charge is 2.36. The fourth-order valence-corrected chi connectivity index (χ4v) is 4.03. The average Bonchev–Trinajstić information content (AvgIpc) is 3.10. The van der Waals surface area contributed by atoms with Crippen LogP contribution < -0.4 is 5.43 Å². The average molecular weight is 276 g/mol. The van der Waals surface area contributed by atoms with Gasteiger partial charge in [-0.2, -0.15) is 5.10 Å². The van der Waals surface area contributed by atoms with Crippen LogP contribution in [-0.2, 0) is 0 Å². The molecule has 1 aromatic rings. The molecule has 4 heteroatoms. The van der Waals surface area contributed by atoms with Crippen molar-refractivity contribution in [3.8, 4) is 0 Å². The first-order valence-corrected chi connectivity index (χ1v) is 7.96. The fourth-order valence-electron chi connectivity index (χ4n) is 3.12. The SMILES string of the molecule is CC(C)c1cc(C(=O)N/N=C2/C[C@@H]3CC[C@H]2C3)cs1. The Morgan fingerprint density at radius 2 is 2.32 bits per heavy atom. The van der Waals surface area contributed by atoms with Crippen molar-refractivity contribution in [3.63, 3.8) is 0 Å². The summed E-state index contributed by atoms with van der Waals surface area (Å²) in [7, 11) is 0. The maximum absolute atomic E-state index is 12.0. The lowest BCUT2D eigenvalue weighted by Gasteiger charge is -2.11. The van der Waals surface area contributed by atoms with Gasteiger partial charge in [0.05, 0.1) is 5.56 Å². The number of amides is 1. The van der Waals surface area contributed by atoms with E-state index in [1.54, 1.807) is 11.3 Å². The van der Waals surface area contributed by atoms with Crippen LogP contribution in [0.1, 0.15) is 60.7 Å². The molecule has 0 aromatic carbocycles. The monoisotopic (exact) mass is 276 g/mol. The summed E-state index contributed by atoms with van der Waals surface area (Å²) in [5, 5.41) is 6.28. The van der Waals surface area contributed by atoms with Gasteiger partial charge in [0.25, 0.3) is 5.91 Å². The molecule has 0 spiro atoms. The summed E-state index contributed by atoms with van der Waals surface area (Å²) in [5.41, 5.74) is 4.68. The third-order valence-electron chi connectivity index (χ3n) is 4.26. The van der Waals surface area contributed by atoms with Gasteiger partial charge in [0.1, 0.15) is 0 Å². The summed E-state index contributed by atoms with van der Waals surface area (Å²) in [6.07, 6.45) is 4.98. The molecular formula is C15H20N2OS. The summed E-state index contributed by atoms with van der Waals surface area (Å²) >= 11 is 1.65. The molecule has 3 nitrogen and oxygen atoms in total. The zero-order valence-corrected chi connectivity index (χ0v) is 12.3. The predicted molar refractivity (Wildman–Crippen MR) is 78.8 cm³/mol. The third kappa shape index (κ3) is 2.59. The molecule has 1 amide bonds. The van der Waals surface area contributed by atoms with Crippen LogP contribution in [0.15, 0.2) is 16.5 Å². The van der Waals surface area contributed by atoms with Gasteiger partial charge in [-0.3, -0.25) is 4.79 Å². The second-order valence-electron chi connectivity index (χ2n) is 6.02. The van der Waals surface area contributed by atoms with Crippen molar-refractivity contribution in [1.82, 2.24) is 5.43 Å². The van der Waals surface area contributed by atoms with Gasteiger partial charge in [0.2, 0.25) is 0 Å². The van der Waals surface area contributed by atoms with Crippen LogP contribution in [0.25, 0.3) is 0 Å². The predicted octanol–water partition coefficient (Wildman–Crippen LogP) is 3.78. The quantitative estimate of drug-likeness (QED) is 0.839. The molecule has 0 aliphatic heterocycles. The Morgan fingerprint density at radius 3 is 2.89 bits per heavy atom. The molecule has 102 valence electrons. The zero-order chi connectivity index (χ0) is 13.4. The first-order valence-electron chi connectivity index (χ1n) is 7.08. The summed E-state index contributed by atoms with van der Waals surface area (Å²) < 4.78 is 0. The van der Waals surface area contributed by atoms with Gasteiger partial charge in [0, 0.05) is 16.0 Å². The topological polar surface area (TPSA) is 41.5 Å². The van der Waals surface area contributed by atoms with Gasteiger partial charge in [-0.25, -0.2) is 5.43 Å². The maximum Gasteiger partial charge on any atom is 0.272 e. The minimum atomic E-state index is -0.0709. The number of nitrogens with one attached hydrogen (secondary N) is 1. The van der Waals surface area contributed by atoms with Crippen LogP contribution in [-0.4, -0.2) is 11.6 Å². The van der Waals surface area contributed by atoms with Crippen molar-refractivity contribution in [2.45, 2.75) is 45.4 Å². The summed E-state index contributed by atoms with van der Waals surface area (Å²) in [6, 6.07) is 1.98. The smallest absolute Gasteiger partial charge is 0.267 e. The summed E-state index contributed by atoms with van der Waals surface area (Å²) in [5.74, 6) is 1.87. The molecule has 0 unspecified atom stereocenters. The number of fused-ring (bicyclic) bond motifs is 2. The number of carbonyl (C=O) groups excluding carboxylic acids is 1. The van der Waals surface area contributed by atoms with Crippen molar-refractivity contribution >= 4 is 23.0 Å². The lowest BCUT2D eigenvalue weighted by Crippen LogP contribution is -2.21. The lowest BCUT2D eigenvalue weighted by atomic mass is 9.99. The highest BCUT2D eigenvalue weighted by Crippen LogP contribution is 2.42. The highest BCUT2D eigenvalue weighted by molar-refractivity contribution is 7.10. The minimum absolute atomic E-state index is 0.0709. The number of thiophene rings is 1. The second kappa shape index (κ2) is 5.08. The van der Waals surface area contributed by atoms with Crippen LogP contribution in [0.5, 0.6) is 0 Å². The van der Waals surface area contributed by atoms with Crippen LogP contribution in [0.2, 0.25) is 0 Å². The van der Waals surface area contributed by atoms with E-state index in [1.165, 1.54) is 29.9 Å². The number of nitrogens with zero attached hydrogens (tertiary/aromatic N) is 1. The van der Waals surface area contributed by atoms with Gasteiger partial charge in [0.15, 0.2) is 0 Å². The van der Waals surface area contributed by atoms with Gasteiger partial charge >= 0.3 is 0 Å². The molecule has 2 atom stereocenters. The van der Waals surface area contributed by atoms with Crippen LogP contribution >= 0.6 is 11.3 Å². The van der Waals surface area contributed by atoms with Crippen molar-refractivity contribution in [3.05, 3.63) is 21.9 Å². The van der Waals surface area contributed by atoms with E-state index in [2.05, 4.69) is 24.4 Å². The molecule has 2 aliphatic carbocycles. The van der Waals surface area contributed by atoms with E-state index in [0.717, 1.165) is 17.9 Å². The largest absolute Gasteiger partial charge is 0.272 e. The van der Waals surface area contributed by atoms with Crippen molar-refractivity contribution < 1.29 is 4.79 Å². The molecule has 0 saturated heterocycles. The Kier molecular flexibility index (Phi) is 3.44. The van der Waals surface area contributed by atoms with Crippen molar-refractivity contribution in [2.24, 2.45) is 16.9 Å². The number of hydrazone groups is 1. The van der Waals surface area contributed by atoms with E-state index < -0.39 is 0 Å². The number of carbonyl (C=O) groups is 1. The third-order valence-corrected chi connectivity index (χ3v) is 5.50. The Bertz CT molecular complexity index is 518. The molecular weight excluding hydrogens is 256 g/mol. The Labute approximate surface area is 118 Å². The van der Waals surface area contributed by atoms with Crippen LogP contribution in [0.3, 0.4) is 0 Å². The lowest BCUT2D eigenvalue weighted by molar-refractivity contribution is 0.0955. The molecule has 1 aromatic heterocycles. The molecule has 1 N–H and O–H groups in total. The maximum atomic E-state index is 12.0. The van der Waals surface area contributed by atoms with E-state index in [1.807, 2.05) is 11.4 Å². The number of hydrogen-bond donors (Lipinski definition) is 1. The standard InChI is InChI=1S/C15H20N2OS/c1-9(2)14-7-12(8-19-14)15(18)17-16-13-6-10-3-4-11(13)5-10/h7-11H,3-6H2,1-2H3,(H,17,18)/b16-13-/t10-,11+/m1/s1. The molecule has 0 radical (unpaired) electrons. The van der Waals surface area contributed by atoms with Crippen molar-refractivity contribution in [1.29, 1.82) is 0 Å². The second-order valence-corrected chi connectivity index (χ2v) is 6.96. The van der Waals surface area contributed by atoms with E-state index in [9.17, 15) is 4.79 Å². The number of hydrogen-bond acceptors (Lipinski definition) is 3. The van der Waals surface area contributed by atoms with E-state index in [-0.39, 0.29) is 5.91 Å². The van der Waals surface area contributed by atoms with E-state index in [0.29, 0.717) is 11.8 Å². The van der Waals surface area contributed by atoms with Gasteiger partial charge in [-0.15, -0.1) is 11.3 Å².